The van der Waals surface area contributed by atoms with Crippen LogP contribution in [0, 0.1) is 5.92 Å². The van der Waals surface area contributed by atoms with Crippen LogP contribution < -0.4 is 0 Å². The molecule has 12 heavy (non-hydrogen) atoms. The quantitative estimate of drug-likeness (QED) is 0.782. The Morgan fingerprint density at radius 3 is 2.58 bits per heavy atom. The normalized spacial score (nSPS) is 13.7. The Morgan fingerprint density at radius 2 is 2.17 bits per heavy atom. The first-order valence-electron chi connectivity index (χ1n) is 4.36. The molecule has 1 aromatic heterocycles. The van der Waals surface area contributed by atoms with Crippen molar-refractivity contribution in [3.05, 3.63) is 16.6 Å². The largest absolute Gasteiger partial charge is 0.387 e. The summed E-state index contributed by atoms with van der Waals surface area (Å²) < 4.78 is 0. The highest BCUT2D eigenvalue weighted by atomic mass is 32.1. The van der Waals surface area contributed by atoms with Gasteiger partial charge in [-0.2, -0.15) is 0 Å². The van der Waals surface area contributed by atoms with Crippen LogP contribution in [0.1, 0.15) is 37.7 Å². The summed E-state index contributed by atoms with van der Waals surface area (Å²) in [6.45, 7) is 4.22. The maximum atomic E-state index is 9.84. The highest BCUT2D eigenvalue weighted by Crippen LogP contribution is 2.28. The van der Waals surface area contributed by atoms with Crippen molar-refractivity contribution in [1.82, 2.24) is 4.98 Å². The van der Waals surface area contributed by atoms with Gasteiger partial charge in [0.1, 0.15) is 0 Å². The second-order valence-electron chi connectivity index (χ2n) is 2.93. The molecular formula is C9H15NOS. The van der Waals surface area contributed by atoms with Crippen LogP contribution in [0.4, 0.5) is 0 Å². The van der Waals surface area contributed by atoms with Crippen LogP contribution in [0.25, 0.3) is 0 Å². The average Bonchev–Trinajstić information content (AvgIpc) is 2.58. The van der Waals surface area contributed by atoms with E-state index in [2.05, 4.69) is 18.8 Å². The molecule has 1 heterocycles. The third-order valence-electron chi connectivity index (χ3n) is 2.24. The molecule has 1 unspecified atom stereocenters. The second-order valence-corrected chi connectivity index (χ2v) is 3.84. The number of thiazole rings is 1. The second kappa shape index (κ2) is 4.58. The first-order valence-corrected chi connectivity index (χ1v) is 5.24. The van der Waals surface area contributed by atoms with E-state index in [1.807, 2.05) is 0 Å². The van der Waals surface area contributed by atoms with E-state index < -0.39 is 0 Å². The number of rotatable bonds is 4. The van der Waals surface area contributed by atoms with Gasteiger partial charge < -0.3 is 5.11 Å². The van der Waals surface area contributed by atoms with Crippen molar-refractivity contribution in [3.63, 3.8) is 0 Å². The number of hydrogen-bond acceptors (Lipinski definition) is 3. The van der Waals surface area contributed by atoms with E-state index in [0.29, 0.717) is 5.92 Å². The summed E-state index contributed by atoms with van der Waals surface area (Å²) in [5.74, 6) is 0.380. The van der Waals surface area contributed by atoms with Crippen molar-refractivity contribution in [2.24, 2.45) is 5.92 Å². The SMILES string of the molecule is CCC(CC)C(O)c1cncs1. The predicted octanol–water partition coefficient (Wildman–Crippen LogP) is 2.61. The minimum Gasteiger partial charge on any atom is -0.387 e. The van der Waals surface area contributed by atoms with Crippen LogP contribution in [0.15, 0.2) is 11.7 Å². The first kappa shape index (κ1) is 9.68. The highest BCUT2D eigenvalue weighted by molar-refractivity contribution is 7.09. The van der Waals surface area contributed by atoms with Gasteiger partial charge in [-0.1, -0.05) is 26.7 Å². The molecular weight excluding hydrogens is 170 g/mol. The molecule has 0 aromatic carbocycles. The van der Waals surface area contributed by atoms with E-state index in [9.17, 15) is 5.11 Å². The molecule has 1 rings (SSSR count). The Bertz CT molecular complexity index is 206. The smallest absolute Gasteiger partial charge is 0.0925 e. The average molecular weight is 185 g/mol. The Balaban J connectivity index is 2.63. The lowest BCUT2D eigenvalue weighted by Crippen LogP contribution is -2.09. The zero-order valence-electron chi connectivity index (χ0n) is 7.53. The van der Waals surface area contributed by atoms with Crippen molar-refractivity contribution in [3.8, 4) is 0 Å². The fraction of sp³-hybridized carbons (Fsp3) is 0.667. The van der Waals surface area contributed by atoms with Gasteiger partial charge in [0, 0.05) is 6.20 Å². The van der Waals surface area contributed by atoms with Gasteiger partial charge in [-0.15, -0.1) is 11.3 Å². The molecule has 0 saturated heterocycles. The molecule has 2 nitrogen and oxygen atoms in total. The Hall–Kier alpha value is -0.410. The van der Waals surface area contributed by atoms with Crippen molar-refractivity contribution in [1.29, 1.82) is 0 Å². The molecule has 1 aromatic rings. The molecule has 1 atom stereocenters. The molecule has 0 radical (unpaired) electrons. The topological polar surface area (TPSA) is 33.1 Å². The Labute approximate surface area is 77.3 Å². The standard InChI is InChI=1S/C9H15NOS/c1-3-7(4-2)9(11)8-5-10-6-12-8/h5-7,9,11H,3-4H2,1-2H3. The number of aromatic nitrogens is 1. The molecule has 0 saturated carbocycles. The fourth-order valence-electron chi connectivity index (χ4n) is 1.34. The maximum Gasteiger partial charge on any atom is 0.0925 e. The van der Waals surface area contributed by atoms with Gasteiger partial charge in [0.25, 0.3) is 0 Å². The number of aliphatic hydroxyl groups is 1. The van der Waals surface area contributed by atoms with Crippen molar-refractivity contribution in [2.45, 2.75) is 32.8 Å². The summed E-state index contributed by atoms with van der Waals surface area (Å²) in [4.78, 5) is 4.94. The Kier molecular flexibility index (Phi) is 3.69. The predicted molar refractivity (Wildman–Crippen MR) is 51.1 cm³/mol. The van der Waals surface area contributed by atoms with Crippen molar-refractivity contribution >= 4 is 11.3 Å². The van der Waals surface area contributed by atoms with Gasteiger partial charge in [-0.05, 0) is 5.92 Å². The van der Waals surface area contributed by atoms with Crippen LogP contribution in [-0.4, -0.2) is 10.1 Å². The van der Waals surface area contributed by atoms with Crippen LogP contribution in [0.3, 0.4) is 0 Å². The van der Waals surface area contributed by atoms with E-state index in [0.717, 1.165) is 17.7 Å². The number of nitrogens with zero attached hydrogens (tertiary/aromatic N) is 1. The number of hydrogen-bond donors (Lipinski definition) is 1. The van der Waals surface area contributed by atoms with Crippen LogP contribution in [-0.2, 0) is 0 Å². The molecule has 0 aliphatic heterocycles. The van der Waals surface area contributed by atoms with Gasteiger partial charge in [0.2, 0.25) is 0 Å². The highest BCUT2D eigenvalue weighted by Gasteiger charge is 2.18. The minimum atomic E-state index is -0.313. The summed E-state index contributed by atoms with van der Waals surface area (Å²) in [6, 6.07) is 0. The zero-order chi connectivity index (χ0) is 8.97. The molecule has 0 spiro atoms. The number of aliphatic hydroxyl groups excluding tert-OH is 1. The summed E-state index contributed by atoms with van der Waals surface area (Å²) >= 11 is 1.53. The van der Waals surface area contributed by atoms with Gasteiger partial charge in [0.15, 0.2) is 0 Å². The molecule has 1 N–H and O–H groups in total. The van der Waals surface area contributed by atoms with E-state index in [-0.39, 0.29) is 6.10 Å². The van der Waals surface area contributed by atoms with Gasteiger partial charge in [-0.25, -0.2) is 0 Å². The summed E-state index contributed by atoms with van der Waals surface area (Å²) in [5, 5.41) is 9.84. The molecule has 68 valence electrons. The maximum absolute atomic E-state index is 9.84. The van der Waals surface area contributed by atoms with Crippen LogP contribution in [0.2, 0.25) is 0 Å². The molecule has 0 aliphatic rings. The van der Waals surface area contributed by atoms with Crippen molar-refractivity contribution < 1.29 is 5.11 Å². The molecule has 0 aliphatic carbocycles. The lowest BCUT2D eigenvalue weighted by Gasteiger charge is -2.17. The Morgan fingerprint density at radius 1 is 1.50 bits per heavy atom. The first-order chi connectivity index (χ1) is 5.79. The zero-order valence-corrected chi connectivity index (χ0v) is 8.34. The van der Waals surface area contributed by atoms with Gasteiger partial charge >= 0.3 is 0 Å². The fourth-order valence-corrected chi connectivity index (χ4v) is 2.04. The van der Waals surface area contributed by atoms with E-state index in [1.54, 1.807) is 11.7 Å². The van der Waals surface area contributed by atoms with E-state index in [4.69, 9.17) is 0 Å². The molecule has 0 fully saturated rings. The summed E-state index contributed by atoms with van der Waals surface area (Å²) in [6.07, 6.45) is 3.49. The molecule has 0 bridgehead atoms. The monoisotopic (exact) mass is 185 g/mol. The van der Waals surface area contributed by atoms with E-state index in [1.165, 1.54) is 11.3 Å². The molecule has 0 amide bonds. The van der Waals surface area contributed by atoms with E-state index >= 15 is 0 Å². The van der Waals surface area contributed by atoms with Crippen molar-refractivity contribution in [2.75, 3.05) is 0 Å². The minimum absolute atomic E-state index is 0.313. The third kappa shape index (κ3) is 2.05. The third-order valence-corrected chi connectivity index (χ3v) is 3.08. The molecule has 3 heteroatoms. The lowest BCUT2D eigenvalue weighted by molar-refractivity contribution is 0.106. The van der Waals surface area contributed by atoms with Crippen LogP contribution >= 0.6 is 11.3 Å². The lowest BCUT2D eigenvalue weighted by atomic mass is 9.96. The van der Waals surface area contributed by atoms with Gasteiger partial charge in [-0.3, -0.25) is 4.98 Å². The summed E-state index contributed by atoms with van der Waals surface area (Å²) in [5.41, 5.74) is 1.76. The van der Waals surface area contributed by atoms with Gasteiger partial charge in [0.05, 0.1) is 16.5 Å². The van der Waals surface area contributed by atoms with Crippen LogP contribution in [0.5, 0.6) is 0 Å². The summed E-state index contributed by atoms with van der Waals surface area (Å²) in [7, 11) is 0.